The molecular formula is C11H17N3O2. The van der Waals surface area contributed by atoms with Gasteiger partial charge in [-0.25, -0.2) is 4.98 Å². The lowest BCUT2D eigenvalue weighted by Gasteiger charge is -2.14. The molecule has 1 aromatic rings. The Morgan fingerprint density at radius 2 is 2.19 bits per heavy atom. The normalized spacial score (nSPS) is 12.2. The van der Waals surface area contributed by atoms with Gasteiger partial charge in [0.1, 0.15) is 5.69 Å². The number of hydrogen-bond acceptors (Lipinski definition) is 4. The highest BCUT2D eigenvalue weighted by atomic mass is 16.3. The first kappa shape index (κ1) is 12.6. The summed E-state index contributed by atoms with van der Waals surface area (Å²) in [6.45, 7) is 2.01. The molecule has 1 unspecified atom stereocenters. The Hall–Kier alpha value is -1.49. The molecule has 1 atom stereocenters. The molecule has 1 amide bonds. The topological polar surface area (TPSA) is 75.1 Å². The smallest absolute Gasteiger partial charge is 0.271 e. The first-order chi connectivity index (χ1) is 7.74. The van der Waals surface area contributed by atoms with Crippen LogP contribution in [-0.4, -0.2) is 34.6 Å². The summed E-state index contributed by atoms with van der Waals surface area (Å²) in [5.41, 5.74) is 0.878. The van der Waals surface area contributed by atoms with Crippen LogP contribution in [0.4, 0.5) is 0 Å². The largest absolute Gasteiger partial charge is 0.396 e. The predicted octanol–water partition coefficient (Wildman–Crippen LogP) is 0.712. The Labute approximate surface area is 94.9 Å². The number of carbonyl (C=O) groups excluding carboxylic acids is 1. The van der Waals surface area contributed by atoms with Crippen LogP contribution in [0, 0.1) is 0 Å². The Balaban J connectivity index is 3.05. The van der Waals surface area contributed by atoms with Crippen molar-refractivity contribution in [2.45, 2.75) is 25.7 Å². The number of rotatable bonds is 5. The van der Waals surface area contributed by atoms with Gasteiger partial charge < -0.3 is 10.4 Å². The van der Waals surface area contributed by atoms with E-state index in [1.807, 2.05) is 6.92 Å². The van der Waals surface area contributed by atoms with Crippen LogP contribution in [0.25, 0.3) is 0 Å². The van der Waals surface area contributed by atoms with Crippen molar-refractivity contribution in [2.75, 3.05) is 13.7 Å². The van der Waals surface area contributed by atoms with E-state index in [-0.39, 0.29) is 18.4 Å². The molecule has 0 aliphatic heterocycles. The summed E-state index contributed by atoms with van der Waals surface area (Å²) in [5, 5.41) is 11.8. The van der Waals surface area contributed by atoms with E-state index >= 15 is 0 Å². The summed E-state index contributed by atoms with van der Waals surface area (Å²) < 4.78 is 0. The zero-order chi connectivity index (χ0) is 12.0. The molecule has 1 rings (SSSR count). The number of aromatic nitrogens is 2. The van der Waals surface area contributed by atoms with Gasteiger partial charge in [-0.15, -0.1) is 0 Å². The SMILES string of the molecule is CCCC(CO)c1nccnc1C(=O)NC. The predicted molar refractivity (Wildman–Crippen MR) is 60.2 cm³/mol. The van der Waals surface area contributed by atoms with Gasteiger partial charge in [0.15, 0.2) is 0 Å². The van der Waals surface area contributed by atoms with E-state index in [4.69, 9.17) is 0 Å². The fourth-order valence-electron chi connectivity index (χ4n) is 1.60. The van der Waals surface area contributed by atoms with Crippen molar-refractivity contribution in [1.29, 1.82) is 0 Å². The summed E-state index contributed by atoms with van der Waals surface area (Å²) in [4.78, 5) is 19.7. The first-order valence-corrected chi connectivity index (χ1v) is 5.38. The zero-order valence-electron chi connectivity index (χ0n) is 9.60. The monoisotopic (exact) mass is 223 g/mol. The average Bonchev–Trinajstić information content (AvgIpc) is 2.35. The minimum atomic E-state index is -0.266. The second kappa shape index (κ2) is 6.17. The van der Waals surface area contributed by atoms with Crippen molar-refractivity contribution in [1.82, 2.24) is 15.3 Å². The fourth-order valence-corrected chi connectivity index (χ4v) is 1.60. The minimum Gasteiger partial charge on any atom is -0.396 e. The van der Waals surface area contributed by atoms with Crippen LogP contribution in [0.3, 0.4) is 0 Å². The van der Waals surface area contributed by atoms with Crippen LogP contribution >= 0.6 is 0 Å². The first-order valence-electron chi connectivity index (χ1n) is 5.38. The quantitative estimate of drug-likeness (QED) is 0.771. The molecule has 5 heteroatoms. The lowest BCUT2D eigenvalue weighted by molar-refractivity contribution is 0.0955. The number of amides is 1. The summed E-state index contributed by atoms with van der Waals surface area (Å²) in [7, 11) is 1.55. The summed E-state index contributed by atoms with van der Waals surface area (Å²) in [6, 6.07) is 0. The van der Waals surface area contributed by atoms with Crippen LogP contribution < -0.4 is 5.32 Å². The summed E-state index contributed by atoms with van der Waals surface area (Å²) in [6.07, 6.45) is 4.74. The maximum Gasteiger partial charge on any atom is 0.271 e. The molecule has 0 saturated heterocycles. The van der Waals surface area contributed by atoms with Crippen LogP contribution in [-0.2, 0) is 0 Å². The molecule has 0 bridgehead atoms. The lowest BCUT2D eigenvalue weighted by atomic mass is 9.98. The molecule has 0 aliphatic rings. The van der Waals surface area contributed by atoms with E-state index in [0.717, 1.165) is 12.8 Å². The molecule has 0 aliphatic carbocycles. The van der Waals surface area contributed by atoms with E-state index in [1.54, 1.807) is 13.2 Å². The second-order valence-electron chi connectivity index (χ2n) is 3.54. The third-order valence-corrected chi connectivity index (χ3v) is 2.41. The van der Waals surface area contributed by atoms with Gasteiger partial charge in [-0.1, -0.05) is 13.3 Å². The molecule has 0 spiro atoms. The van der Waals surface area contributed by atoms with Crippen LogP contribution in [0.1, 0.15) is 41.9 Å². The highest BCUT2D eigenvalue weighted by Crippen LogP contribution is 2.20. The summed E-state index contributed by atoms with van der Waals surface area (Å²) in [5.74, 6) is -0.386. The van der Waals surface area contributed by atoms with Crippen LogP contribution in [0.5, 0.6) is 0 Å². The molecule has 2 N–H and O–H groups in total. The number of aliphatic hydroxyl groups is 1. The maximum atomic E-state index is 11.6. The van der Waals surface area contributed by atoms with Gasteiger partial charge in [0.2, 0.25) is 0 Å². The third kappa shape index (κ3) is 2.76. The van der Waals surface area contributed by atoms with E-state index in [0.29, 0.717) is 11.4 Å². The number of hydrogen-bond donors (Lipinski definition) is 2. The van der Waals surface area contributed by atoms with Crippen molar-refractivity contribution in [3.05, 3.63) is 23.8 Å². The van der Waals surface area contributed by atoms with Crippen molar-refractivity contribution >= 4 is 5.91 Å². The number of nitrogens with one attached hydrogen (secondary N) is 1. The van der Waals surface area contributed by atoms with E-state index < -0.39 is 0 Å². The molecule has 16 heavy (non-hydrogen) atoms. The molecule has 1 aromatic heterocycles. The van der Waals surface area contributed by atoms with Crippen molar-refractivity contribution in [2.24, 2.45) is 0 Å². The molecule has 88 valence electrons. The molecule has 0 fully saturated rings. The van der Waals surface area contributed by atoms with E-state index in [2.05, 4.69) is 15.3 Å². The maximum absolute atomic E-state index is 11.6. The highest BCUT2D eigenvalue weighted by molar-refractivity contribution is 5.93. The molecule has 5 nitrogen and oxygen atoms in total. The number of nitrogens with zero attached hydrogens (tertiary/aromatic N) is 2. The van der Waals surface area contributed by atoms with Crippen molar-refractivity contribution in [3.63, 3.8) is 0 Å². The van der Waals surface area contributed by atoms with Gasteiger partial charge in [0.25, 0.3) is 5.91 Å². The van der Waals surface area contributed by atoms with Gasteiger partial charge in [-0.3, -0.25) is 9.78 Å². The fraction of sp³-hybridized carbons (Fsp3) is 0.545. The van der Waals surface area contributed by atoms with E-state index in [9.17, 15) is 9.90 Å². The van der Waals surface area contributed by atoms with Gasteiger partial charge in [-0.2, -0.15) is 0 Å². The highest BCUT2D eigenvalue weighted by Gasteiger charge is 2.20. The lowest BCUT2D eigenvalue weighted by Crippen LogP contribution is -2.23. The van der Waals surface area contributed by atoms with Gasteiger partial charge in [-0.05, 0) is 6.42 Å². The number of carbonyl (C=O) groups is 1. The number of aliphatic hydroxyl groups excluding tert-OH is 1. The average molecular weight is 223 g/mol. The Morgan fingerprint density at radius 1 is 1.50 bits per heavy atom. The van der Waals surface area contributed by atoms with Crippen LogP contribution in [0.15, 0.2) is 12.4 Å². The van der Waals surface area contributed by atoms with Gasteiger partial charge >= 0.3 is 0 Å². The summed E-state index contributed by atoms with van der Waals surface area (Å²) >= 11 is 0. The van der Waals surface area contributed by atoms with Crippen molar-refractivity contribution < 1.29 is 9.90 Å². The zero-order valence-corrected chi connectivity index (χ0v) is 9.60. The van der Waals surface area contributed by atoms with Gasteiger partial charge in [0.05, 0.1) is 12.3 Å². The molecule has 0 radical (unpaired) electrons. The Kier molecular flexibility index (Phi) is 4.85. The van der Waals surface area contributed by atoms with E-state index in [1.165, 1.54) is 6.20 Å². The molecule has 0 aromatic carbocycles. The van der Waals surface area contributed by atoms with Crippen molar-refractivity contribution in [3.8, 4) is 0 Å². The molecule has 0 saturated carbocycles. The van der Waals surface area contributed by atoms with Crippen LogP contribution in [0.2, 0.25) is 0 Å². The molecular weight excluding hydrogens is 206 g/mol. The Bertz CT molecular complexity index is 355. The Morgan fingerprint density at radius 3 is 2.75 bits per heavy atom. The second-order valence-corrected chi connectivity index (χ2v) is 3.54. The third-order valence-electron chi connectivity index (χ3n) is 2.41. The van der Waals surface area contributed by atoms with Gasteiger partial charge in [0, 0.05) is 25.4 Å². The minimum absolute atomic E-state index is 0.0173. The standard InChI is InChI=1S/C11H17N3O2/c1-3-4-8(7-15)9-10(11(16)12-2)14-6-5-13-9/h5-6,8,15H,3-4,7H2,1-2H3,(H,12,16). The molecule has 1 heterocycles.